The third-order valence-electron chi connectivity index (χ3n) is 6.88. The van der Waals surface area contributed by atoms with Crippen LogP contribution in [0.2, 0.25) is 0 Å². The molecule has 204 valence electrons. The van der Waals surface area contributed by atoms with Crippen LogP contribution in [-0.2, 0) is 21.5 Å². The molecule has 1 aliphatic rings. The summed E-state index contributed by atoms with van der Waals surface area (Å²) in [7, 11) is 3.00. The molecule has 1 amide bonds. The molecule has 1 heterocycles. The average molecular weight is 530 g/mol. The van der Waals surface area contributed by atoms with Gasteiger partial charge in [-0.25, -0.2) is 0 Å². The van der Waals surface area contributed by atoms with Crippen LogP contribution in [0, 0.1) is 0 Å². The van der Waals surface area contributed by atoms with Gasteiger partial charge in [-0.05, 0) is 53.3 Å². The topological polar surface area (TPSA) is 85.3 Å². The molecule has 1 aliphatic heterocycles. The van der Waals surface area contributed by atoms with Crippen LogP contribution in [0.4, 0.5) is 0 Å². The quantitative estimate of drug-likeness (QED) is 0.218. The van der Waals surface area contributed by atoms with Crippen LogP contribution in [0.3, 0.4) is 0 Å². The highest BCUT2D eigenvalue weighted by Gasteiger charge is 2.46. The van der Waals surface area contributed by atoms with E-state index in [9.17, 15) is 14.7 Å². The minimum Gasteiger partial charge on any atom is -0.507 e. The number of carbonyl (C=O) groups is 2. The zero-order valence-corrected chi connectivity index (χ0v) is 23.3. The van der Waals surface area contributed by atoms with Crippen LogP contribution in [0.1, 0.15) is 56.0 Å². The van der Waals surface area contributed by atoms with Crippen molar-refractivity contribution in [2.24, 2.45) is 0 Å². The van der Waals surface area contributed by atoms with Crippen LogP contribution >= 0.6 is 0 Å². The van der Waals surface area contributed by atoms with Gasteiger partial charge in [0, 0.05) is 12.6 Å². The van der Waals surface area contributed by atoms with Crippen molar-refractivity contribution in [3.05, 3.63) is 94.6 Å². The van der Waals surface area contributed by atoms with Crippen molar-refractivity contribution in [1.82, 2.24) is 4.90 Å². The highest BCUT2D eigenvalue weighted by atomic mass is 16.5. The molecular formula is C32H35NO6. The van der Waals surface area contributed by atoms with Crippen molar-refractivity contribution in [3.8, 4) is 17.2 Å². The van der Waals surface area contributed by atoms with Gasteiger partial charge in [0.15, 0.2) is 0 Å². The summed E-state index contributed by atoms with van der Waals surface area (Å²) in [5.41, 5.74) is 2.91. The van der Waals surface area contributed by atoms with Gasteiger partial charge in [-0.2, -0.15) is 0 Å². The van der Waals surface area contributed by atoms with Gasteiger partial charge in [0.25, 0.3) is 11.7 Å². The lowest BCUT2D eigenvalue weighted by molar-refractivity contribution is -0.140. The lowest BCUT2D eigenvalue weighted by Gasteiger charge is -2.27. The molecular weight excluding hydrogens is 494 g/mol. The van der Waals surface area contributed by atoms with Gasteiger partial charge in [-0.1, -0.05) is 57.2 Å². The number of Topliss-reactive ketones (excluding diaryl/α,β-unsaturated/α-hetero) is 1. The first-order valence-corrected chi connectivity index (χ1v) is 12.9. The van der Waals surface area contributed by atoms with Crippen LogP contribution in [0.15, 0.2) is 72.3 Å². The van der Waals surface area contributed by atoms with Crippen LogP contribution in [0.5, 0.6) is 17.2 Å². The average Bonchev–Trinajstić information content (AvgIpc) is 3.18. The van der Waals surface area contributed by atoms with E-state index >= 15 is 0 Å². The normalized spacial score (nSPS) is 16.9. The number of aliphatic hydroxyl groups is 1. The smallest absolute Gasteiger partial charge is 0.295 e. The summed E-state index contributed by atoms with van der Waals surface area (Å²) in [6.45, 7) is 9.00. The summed E-state index contributed by atoms with van der Waals surface area (Å²) in [6.07, 6.45) is 0. The Bertz CT molecular complexity index is 1380. The first-order valence-electron chi connectivity index (χ1n) is 12.9. The standard InChI is InChI=1S/C32H35NO6/c1-7-39-23-14-8-20(9-15-23)19-33-28(21-10-12-22(13-11-21)32(2,3)4)27(30(35)31(33)36)29(34)25-17-16-24(37-5)18-26(25)38-6/h8-18,28,34H,7,19H2,1-6H3/b29-27-. The predicted octanol–water partition coefficient (Wildman–Crippen LogP) is 6.02. The molecule has 0 aliphatic carbocycles. The van der Waals surface area contributed by atoms with Gasteiger partial charge in [0.2, 0.25) is 0 Å². The molecule has 1 atom stereocenters. The molecule has 3 aromatic rings. The summed E-state index contributed by atoms with van der Waals surface area (Å²) in [6, 6.07) is 19.4. The van der Waals surface area contributed by atoms with Crippen molar-refractivity contribution >= 4 is 17.4 Å². The summed E-state index contributed by atoms with van der Waals surface area (Å²) in [5.74, 6) is -0.139. The van der Waals surface area contributed by atoms with Crippen molar-refractivity contribution in [2.45, 2.75) is 45.7 Å². The maximum Gasteiger partial charge on any atom is 0.295 e. The van der Waals surface area contributed by atoms with E-state index in [4.69, 9.17) is 14.2 Å². The molecule has 1 N–H and O–H groups in total. The highest BCUT2D eigenvalue weighted by Crippen LogP contribution is 2.42. The largest absolute Gasteiger partial charge is 0.507 e. The van der Waals surface area contributed by atoms with E-state index in [0.717, 1.165) is 22.4 Å². The molecule has 0 saturated carbocycles. The molecule has 7 nitrogen and oxygen atoms in total. The van der Waals surface area contributed by atoms with Gasteiger partial charge in [0.05, 0.1) is 38.0 Å². The van der Waals surface area contributed by atoms with E-state index in [2.05, 4.69) is 20.8 Å². The molecule has 0 bridgehead atoms. The van der Waals surface area contributed by atoms with E-state index < -0.39 is 17.7 Å². The summed E-state index contributed by atoms with van der Waals surface area (Å²) < 4.78 is 16.3. The number of carbonyl (C=O) groups excluding carboxylic acids is 2. The first-order chi connectivity index (χ1) is 18.6. The summed E-state index contributed by atoms with van der Waals surface area (Å²) in [4.78, 5) is 28.4. The number of likely N-dealkylation sites (tertiary alicyclic amines) is 1. The fourth-order valence-electron chi connectivity index (χ4n) is 4.75. The Labute approximate surface area is 229 Å². The Balaban J connectivity index is 1.85. The van der Waals surface area contributed by atoms with Crippen molar-refractivity contribution < 1.29 is 28.9 Å². The van der Waals surface area contributed by atoms with Crippen molar-refractivity contribution in [2.75, 3.05) is 20.8 Å². The second kappa shape index (κ2) is 11.2. The molecule has 1 unspecified atom stereocenters. The third-order valence-corrected chi connectivity index (χ3v) is 6.88. The number of amides is 1. The summed E-state index contributed by atoms with van der Waals surface area (Å²) in [5, 5.41) is 11.5. The van der Waals surface area contributed by atoms with E-state index in [0.29, 0.717) is 23.7 Å². The minimum absolute atomic E-state index is 0.0120. The zero-order valence-electron chi connectivity index (χ0n) is 23.3. The van der Waals surface area contributed by atoms with Crippen molar-refractivity contribution in [3.63, 3.8) is 0 Å². The fourth-order valence-corrected chi connectivity index (χ4v) is 4.75. The fraction of sp³-hybridized carbons (Fsp3) is 0.312. The second-order valence-corrected chi connectivity index (χ2v) is 10.4. The van der Waals surface area contributed by atoms with Crippen molar-refractivity contribution in [1.29, 1.82) is 0 Å². The number of ether oxygens (including phenoxy) is 3. The van der Waals surface area contributed by atoms with Gasteiger partial charge in [-0.15, -0.1) is 0 Å². The second-order valence-electron chi connectivity index (χ2n) is 10.4. The number of benzene rings is 3. The van der Waals surface area contributed by atoms with Gasteiger partial charge in [-0.3, -0.25) is 9.59 Å². The molecule has 7 heteroatoms. The zero-order chi connectivity index (χ0) is 28.3. The van der Waals surface area contributed by atoms with Gasteiger partial charge < -0.3 is 24.2 Å². The number of methoxy groups -OCH3 is 2. The molecule has 1 fully saturated rings. The molecule has 3 aromatic carbocycles. The molecule has 1 saturated heterocycles. The van der Waals surface area contributed by atoms with E-state index in [-0.39, 0.29) is 23.3 Å². The van der Waals surface area contributed by atoms with Gasteiger partial charge in [0.1, 0.15) is 23.0 Å². The minimum atomic E-state index is -0.794. The lowest BCUT2D eigenvalue weighted by atomic mass is 9.85. The summed E-state index contributed by atoms with van der Waals surface area (Å²) >= 11 is 0. The number of nitrogens with zero attached hydrogens (tertiary/aromatic N) is 1. The molecule has 0 spiro atoms. The highest BCUT2D eigenvalue weighted by molar-refractivity contribution is 6.46. The van der Waals surface area contributed by atoms with Crippen LogP contribution in [0.25, 0.3) is 5.76 Å². The predicted molar refractivity (Wildman–Crippen MR) is 150 cm³/mol. The molecule has 4 rings (SSSR count). The monoisotopic (exact) mass is 529 g/mol. The van der Waals surface area contributed by atoms with Crippen LogP contribution < -0.4 is 14.2 Å². The molecule has 0 aromatic heterocycles. The number of aliphatic hydroxyl groups excluding tert-OH is 1. The first kappa shape index (κ1) is 27.8. The Morgan fingerprint density at radius 2 is 1.54 bits per heavy atom. The maximum absolute atomic E-state index is 13.5. The third kappa shape index (κ3) is 5.62. The van der Waals surface area contributed by atoms with E-state index in [1.807, 2.05) is 55.5 Å². The Kier molecular flexibility index (Phi) is 8.00. The number of hydrogen-bond acceptors (Lipinski definition) is 6. The Morgan fingerprint density at radius 3 is 2.10 bits per heavy atom. The van der Waals surface area contributed by atoms with E-state index in [1.54, 1.807) is 18.2 Å². The molecule has 39 heavy (non-hydrogen) atoms. The number of rotatable bonds is 8. The molecule has 0 radical (unpaired) electrons. The Morgan fingerprint density at radius 1 is 0.897 bits per heavy atom. The Hall–Kier alpha value is -4.26. The number of ketones is 1. The lowest BCUT2D eigenvalue weighted by Crippen LogP contribution is -2.29. The SMILES string of the molecule is CCOc1ccc(CN2C(=O)C(=O)/C(=C(\O)c3ccc(OC)cc3OC)C2c2ccc(C(C)(C)C)cc2)cc1. The van der Waals surface area contributed by atoms with E-state index in [1.165, 1.54) is 19.1 Å². The number of hydrogen-bond donors (Lipinski definition) is 1. The van der Waals surface area contributed by atoms with Gasteiger partial charge >= 0.3 is 0 Å². The maximum atomic E-state index is 13.5. The van der Waals surface area contributed by atoms with Crippen LogP contribution in [-0.4, -0.2) is 42.5 Å².